The van der Waals surface area contributed by atoms with Crippen LogP contribution < -0.4 is 0 Å². The first-order valence-electron chi connectivity index (χ1n) is 6.35. The fraction of sp³-hybridized carbons (Fsp3) is 0.500. The first kappa shape index (κ1) is 13.5. The minimum Gasteiger partial charge on any atom is -0.375 e. The Morgan fingerprint density at radius 2 is 1.30 bits per heavy atom. The number of ether oxygens (including phenoxy) is 2. The van der Waals surface area contributed by atoms with Crippen molar-refractivity contribution in [2.45, 2.75) is 34.7 Å². The predicted octanol–water partition coefficient (Wildman–Crippen LogP) is 3.54. The van der Waals surface area contributed by atoms with Crippen molar-refractivity contribution in [3.05, 3.63) is 21.1 Å². The molecule has 8 heteroatoms. The van der Waals surface area contributed by atoms with Crippen molar-refractivity contribution in [3.8, 4) is 0 Å². The number of nitrogens with zero attached hydrogens (tertiary/aromatic N) is 2. The lowest BCUT2D eigenvalue weighted by atomic mass is 10.2. The van der Waals surface area contributed by atoms with Crippen molar-refractivity contribution in [3.63, 3.8) is 0 Å². The lowest BCUT2D eigenvalue weighted by Crippen LogP contribution is -2.07. The minimum absolute atomic E-state index is 0.723. The normalized spacial score (nSPS) is 17.8. The highest BCUT2D eigenvalue weighted by Crippen LogP contribution is 2.43. The Morgan fingerprint density at radius 1 is 0.800 bits per heavy atom. The van der Waals surface area contributed by atoms with E-state index in [2.05, 4.69) is 9.97 Å². The Hall–Kier alpha value is -0.120. The first-order valence-corrected chi connectivity index (χ1v) is 10.1. The summed E-state index contributed by atoms with van der Waals surface area (Å²) in [5.41, 5.74) is 2.44. The van der Waals surface area contributed by atoms with E-state index in [-0.39, 0.29) is 0 Å². The molecule has 0 amide bonds. The summed E-state index contributed by atoms with van der Waals surface area (Å²) in [7, 11) is 3.41. The average Bonchev–Trinajstić information content (AvgIpc) is 3.07. The van der Waals surface area contributed by atoms with Gasteiger partial charge in [-0.3, -0.25) is 0 Å². The zero-order chi connectivity index (χ0) is 13.4. The van der Waals surface area contributed by atoms with E-state index in [1.807, 2.05) is 0 Å². The summed E-state index contributed by atoms with van der Waals surface area (Å²) < 4.78 is 13.1. The van der Waals surface area contributed by atoms with E-state index in [1.54, 1.807) is 44.3 Å². The number of hydrogen-bond donors (Lipinski definition) is 0. The van der Waals surface area contributed by atoms with Gasteiger partial charge in [0.05, 0.1) is 47.6 Å². The highest BCUT2D eigenvalue weighted by molar-refractivity contribution is 8.77. The van der Waals surface area contributed by atoms with Crippen molar-refractivity contribution in [1.29, 1.82) is 0 Å². The maximum absolute atomic E-state index is 5.46. The van der Waals surface area contributed by atoms with Crippen LogP contribution in [0.15, 0.2) is 8.68 Å². The Balaban J connectivity index is 1.44. The molecular weight excluding hydrogens is 332 g/mol. The molecule has 4 rings (SSSR count). The Kier molecular flexibility index (Phi) is 4.02. The van der Waals surface area contributed by atoms with Crippen LogP contribution in [0.1, 0.15) is 21.1 Å². The number of hydrogen-bond acceptors (Lipinski definition) is 8. The maximum Gasteiger partial charge on any atom is 0.161 e. The Labute approximate surface area is 132 Å². The van der Waals surface area contributed by atoms with Crippen molar-refractivity contribution < 1.29 is 9.47 Å². The van der Waals surface area contributed by atoms with Crippen molar-refractivity contribution in [2.24, 2.45) is 0 Å². The van der Waals surface area contributed by atoms with E-state index < -0.39 is 0 Å². The first-order chi connectivity index (χ1) is 9.88. The van der Waals surface area contributed by atoms with Gasteiger partial charge in [0, 0.05) is 12.8 Å². The van der Waals surface area contributed by atoms with Gasteiger partial charge in [0.1, 0.15) is 0 Å². The Bertz CT molecular complexity index is 524. The molecule has 4 nitrogen and oxygen atoms in total. The van der Waals surface area contributed by atoms with Crippen LogP contribution in [0.25, 0.3) is 0 Å². The standard InChI is InChI=1S/C12H12N2O2S4/c1-3-15-5-9-7(1)13-11(17-9)19-20-12-14-8-2-4-16-6-10(8)18-12/h1-6H2. The molecule has 2 aliphatic heterocycles. The average molecular weight is 345 g/mol. The van der Waals surface area contributed by atoms with Crippen LogP contribution in [-0.4, -0.2) is 23.2 Å². The van der Waals surface area contributed by atoms with Crippen molar-refractivity contribution >= 4 is 44.3 Å². The molecule has 0 radical (unpaired) electrons. The van der Waals surface area contributed by atoms with E-state index >= 15 is 0 Å². The SMILES string of the molecule is C1Cc2nc(SSc3nc4c(s3)COCC4)sc2CO1. The largest absolute Gasteiger partial charge is 0.375 e. The summed E-state index contributed by atoms with van der Waals surface area (Å²) in [6.07, 6.45) is 1.89. The molecule has 0 fully saturated rings. The van der Waals surface area contributed by atoms with Crippen LogP contribution >= 0.6 is 44.3 Å². The molecule has 0 atom stereocenters. The van der Waals surface area contributed by atoms with Crippen molar-refractivity contribution in [2.75, 3.05) is 13.2 Å². The van der Waals surface area contributed by atoms with Gasteiger partial charge in [-0.1, -0.05) is 0 Å². The Morgan fingerprint density at radius 3 is 1.75 bits per heavy atom. The van der Waals surface area contributed by atoms with Gasteiger partial charge in [-0.25, -0.2) is 9.97 Å². The summed E-state index contributed by atoms with van der Waals surface area (Å²) in [5.74, 6) is 0. The van der Waals surface area contributed by atoms with Crippen LogP contribution in [0.5, 0.6) is 0 Å². The summed E-state index contributed by atoms with van der Waals surface area (Å²) in [4.78, 5) is 11.9. The zero-order valence-electron chi connectivity index (χ0n) is 10.6. The third-order valence-corrected chi connectivity index (χ3v) is 8.25. The van der Waals surface area contributed by atoms with Gasteiger partial charge >= 0.3 is 0 Å². The number of thiazole rings is 2. The molecule has 106 valence electrons. The molecule has 0 aromatic carbocycles. The third kappa shape index (κ3) is 2.77. The molecule has 4 heterocycles. The fourth-order valence-corrected chi connectivity index (χ4v) is 6.88. The van der Waals surface area contributed by atoms with Gasteiger partial charge in [-0.05, 0) is 21.6 Å². The summed E-state index contributed by atoms with van der Waals surface area (Å²) in [6, 6.07) is 0. The molecule has 20 heavy (non-hydrogen) atoms. The minimum atomic E-state index is 0.723. The number of rotatable bonds is 3. The fourth-order valence-electron chi connectivity index (χ4n) is 2.15. The topological polar surface area (TPSA) is 44.2 Å². The van der Waals surface area contributed by atoms with Gasteiger partial charge < -0.3 is 9.47 Å². The molecule has 0 bridgehead atoms. The van der Waals surface area contributed by atoms with Gasteiger partial charge in [0.2, 0.25) is 0 Å². The van der Waals surface area contributed by atoms with Crippen molar-refractivity contribution in [1.82, 2.24) is 9.97 Å². The van der Waals surface area contributed by atoms with E-state index in [4.69, 9.17) is 9.47 Å². The predicted molar refractivity (Wildman–Crippen MR) is 82.7 cm³/mol. The second-order valence-electron chi connectivity index (χ2n) is 4.47. The lowest BCUT2D eigenvalue weighted by molar-refractivity contribution is 0.112. The van der Waals surface area contributed by atoms with Crippen LogP contribution in [0.3, 0.4) is 0 Å². The van der Waals surface area contributed by atoms with Gasteiger partial charge in [-0.2, -0.15) is 0 Å². The molecule has 0 unspecified atom stereocenters. The summed E-state index contributed by atoms with van der Waals surface area (Å²) in [6.45, 7) is 3.04. The lowest BCUT2D eigenvalue weighted by Gasteiger charge is -2.08. The van der Waals surface area contributed by atoms with Crippen LogP contribution in [0, 0.1) is 0 Å². The van der Waals surface area contributed by atoms with E-state index in [0.717, 1.165) is 47.9 Å². The van der Waals surface area contributed by atoms with Gasteiger partial charge in [-0.15, -0.1) is 22.7 Å². The van der Waals surface area contributed by atoms with Gasteiger partial charge in [0.15, 0.2) is 8.68 Å². The van der Waals surface area contributed by atoms with Crippen LogP contribution in [-0.2, 0) is 35.5 Å². The second kappa shape index (κ2) is 5.94. The molecule has 2 aromatic heterocycles. The summed E-state index contributed by atoms with van der Waals surface area (Å²) >= 11 is 3.50. The number of aromatic nitrogens is 2. The van der Waals surface area contributed by atoms with E-state index in [9.17, 15) is 0 Å². The molecule has 0 saturated carbocycles. The molecule has 0 saturated heterocycles. The number of fused-ring (bicyclic) bond motifs is 2. The molecule has 0 spiro atoms. The third-order valence-electron chi connectivity index (χ3n) is 3.13. The molecule has 2 aliphatic rings. The summed E-state index contributed by atoms with van der Waals surface area (Å²) in [5, 5.41) is 0. The quantitative estimate of drug-likeness (QED) is 0.794. The monoisotopic (exact) mass is 344 g/mol. The molecular formula is C12H12N2O2S4. The van der Waals surface area contributed by atoms with E-state index in [1.165, 1.54) is 21.1 Å². The zero-order valence-corrected chi connectivity index (χ0v) is 13.9. The highest BCUT2D eigenvalue weighted by Gasteiger charge is 2.18. The molecule has 0 N–H and O–H groups in total. The molecule has 2 aromatic rings. The van der Waals surface area contributed by atoms with E-state index in [0.29, 0.717) is 0 Å². The van der Waals surface area contributed by atoms with Gasteiger partial charge in [0.25, 0.3) is 0 Å². The highest BCUT2D eigenvalue weighted by atomic mass is 33.1. The molecule has 0 aliphatic carbocycles. The second-order valence-corrected chi connectivity index (χ2v) is 9.26. The van der Waals surface area contributed by atoms with Crippen LogP contribution in [0.4, 0.5) is 0 Å². The maximum atomic E-state index is 5.46. The smallest absolute Gasteiger partial charge is 0.161 e. The van der Waals surface area contributed by atoms with Crippen LogP contribution in [0.2, 0.25) is 0 Å².